The molecule has 0 spiro atoms. The fourth-order valence-corrected chi connectivity index (χ4v) is 3.89. The van der Waals surface area contributed by atoms with Crippen LogP contribution in [0.15, 0.2) is 63.8 Å². The third-order valence-electron chi connectivity index (χ3n) is 6.14. The SMILES string of the molecule is Cc1nc(-c2cc3cc(F)ccc3n2-c2ccc(CNC(=O)C3(N)CC3)c(F)c2)no1.O=C(O)c1ccno1. The molecule has 1 fully saturated rings. The molecule has 1 saturated carbocycles. The summed E-state index contributed by atoms with van der Waals surface area (Å²) in [6.07, 6.45) is 2.56. The van der Waals surface area contributed by atoms with Crippen molar-refractivity contribution in [3.8, 4) is 17.2 Å². The summed E-state index contributed by atoms with van der Waals surface area (Å²) >= 11 is 0. The molecule has 2 aromatic carbocycles. The first-order valence-electron chi connectivity index (χ1n) is 11.8. The molecule has 0 unspecified atom stereocenters. The number of halogens is 2. The second-order valence-electron chi connectivity index (χ2n) is 9.00. The van der Waals surface area contributed by atoms with Gasteiger partial charge in [-0.3, -0.25) is 4.79 Å². The van der Waals surface area contributed by atoms with E-state index in [0.717, 1.165) is 0 Å². The fraction of sp³-hybridized carbons (Fsp3) is 0.192. The Balaban J connectivity index is 0.000000332. The predicted molar refractivity (Wildman–Crippen MR) is 133 cm³/mol. The van der Waals surface area contributed by atoms with Crippen LogP contribution in [0.3, 0.4) is 0 Å². The maximum absolute atomic E-state index is 14.9. The van der Waals surface area contributed by atoms with Gasteiger partial charge >= 0.3 is 5.97 Å². The standard InChI is InChI=1S/C22H19F2N5O2.C4H3NO3/c1-12-27-20(28-31-12)19-9-14-8-15(23)3-5-18(14)29(19)16-4-2-13(17(24)10-16)11-26-21(30)22(25)6-7-22;6-4(7)3-1-2-5-8-3/h2-5,8-10H,6-7,11,25H2,1H3,(H,26,30);1-2H,(H,6,7). The molecule has 0 saturated heterocycles. The van der Waals surface area contributed by atoms with Crippen LogP contribution in [0.25, 0.3) is 28.1 Å². The van der Waals surface area contributed by atoms with Crippen LogP contribution in [0, 0.1) is 18.6 Å². The highest BCUT2D eigenvalue weighted by Crippen LogP contribution is 2.33. The van der Waals surface area contributed by atoms with E-state index in [1.807, 2.05) is 0 Å². The van der Waals surface area contributed by atoms with Crippen molar-refractivity contribution in [3.05, 3.63) is 83.6 Å². The molecule has 39 heavy (non-hydrogen) atoms. The van der Waals surface area contributed by atoms with E-state index < -0.39 is 17.3 Å². The van der Waals surface area contributed by atoms with Gasteiger partial charge in [0.05, 0.1) is 22.9 Å². The molecule has 3 aromatic heterocycles. The minimum atomic E-state index is -1.09. The van der Waals surface area contributed by atoms with Crippen molar-refractivity contribution >= 4 is 22.8 Å². The summed E-state index contributed by atoms with van der Waals surface area (Å²) in [5.74, 6) is -1.69. The molecule has 0 radical (unpaired) electrons. The Hall–Kier alpha value is -4.91. The predicted octanol–water partition coefficient (Wildman–Crippen LogP) is 3.75. The number of nitrogens with one attached hydrogen (secondary N) is 1. The lowest BCUT2D eigenvalue weighted by molar-refractivity contribution is -0.123. The zero-order valence-corrected chi connectivity index (χ0v) is 20.5. The van der Waals surface area contributed by atoms with Gasteiger partial charge in [-0.1, -0.05) is 16.4 Å². The topological polar surface area (TPSA) is 162 Å². The zero-order valence-electron chi connectivity index (χ0n) is 20.5. The van der Waals surface area contributed by atoms with E-state index >= 15 is 0 Å². The van der Waals surface area contributed by atoms with Crippen LogP contribution in [0.2, 0.25) is 0 Å². The highest BCUT2D eigenvalue weighted by Gasteiger charge is 2.45. The number of fused-ring (bicyclic) bond motifs is 1. The molecule has 4 N–H and O–H groups in total. The first-order chi connectivity index (χ1) is 18.6. The van der Waals surface area contributed by atoms with Crippen LogP contribution in [-0.2, 0) is 11.3 Å². The number of rotatable bonds is 6. The summed E-state index contributed by atoms with van der Waals surface area (Å²) < 4.78 is 39.8. The highest BCUT2D eigenvalue weighted by atomic mass is 19.1. The van der Waals surface area contributed by atoms with Crippen molar-refractivity contribution in [2.24, 2.45) is 5.73 Å². The molecule has 11 nitrogen and oxygen atoms in total. The fourth-order valence-electron chi connectivity index (χ4n) is 3.89. The first-order valence-corrected chi connectivity index (χ1v) is 11.8. The number of aryl methyl sites for hydroxylation is 1. The molecule has 200 valence electrons. The van der Waals surface area contributed by atoms with Crippen molar-refractivity contribution < 1.29 is 32.5 Å². The van der Waals surface area contributed by atoms with E-state index in [9.17, 15) is 18.4 Å². The normalized spacial score (nSPS) is 13.5. The van der Waals surface area contributed by atoms with Crippen molar-refractivity contribution in [3.63, 3.8) is 0 Å². The third-order valence-corrected chi connectivity index (χ3v) is 6.14. The number of hydrogen-bond donors (Lipinski definition) is 3. The third kappa shape index (κ3) is 5.38. The van der Waals surface area contributed by atoms with E-state index in [0.29, 0.717) is 52.4 Å². The number of nitrogens with two attached hydrogens (primary N) is 1. The number of benzene rings is 2. The molecule has 5 aromatic rings. The van der Waals surface area contributed by atoms with Gasteiger partial charge in [0, 0.05) is 36.2 Å². The van der Waals surface area contributed by atoms with Gasteiger partial charge in [-0.05, 0) is 49.2 Å². The van der Waals surface area contributed by atoms with Crippen molar-refractivity contribution in [1.29, 1.82) is 0 Å². The number of aromatic nitrogens is 4. The second-order valence-corrected chi connectivity index (χ2v) is 9.00. The Kier molecular flexibility index (Phi) is 6.66. The Morgan fingerprint density at radius 2 is 1.92 bits per heavy atom. The van der Waals surface area contributed by atoms with Crippen LogP contribution in [0.1, 0.15) is 34.9 Å². The Bertz CT molecular complexity index is 1670. The van der Waals surface area contributed by atoms with E-state index in [-0.39, 0.29) is 24.0 Å². The molecule has 0 bridgehead atoms. The van der Waals surface area contributed by atoms with Crippen LogP contribution in [-0.4, -0.2) is 42.4 Å². The van der Waals surface area contributed by atoms with Crippen LogP contribution >= 0.6 is 0 Å². The Morgan fingerprint density at radius 1 is 1.13 bits per heavy atom. The smallest absolute Gasteiger partial charge is 0.374 e. The lowest BCUT2D eigenvalue weighted by Gasteiger charge is -2.13. The average molecular weight is 536 g/mol. The Morgan fingerprint density at radius 3 is 2.51 bits per heavy atom. The number of carboxylic acid groups (broad SMARTS) is 1. The van der Waals surface area contributed by atoms with Crippen molar-refractivity contribution in [1.82, 2.24) is 25.2 Å². The number of aromatic carboxylic acids is 1. The molecular weight excluding hydrogens is 514 g/mol. The summed E-state index contributed by atoms with van der Waals surface area (Å²) in [5.41, 5.74) is 7.09. The number of amides is 1. The molecule has 3 heterocycles. The second kappa shape index (κ2) is 10.1. The van der Waals surface area contributed by atoms with E-state index in [1.165, 1.54) is 30.5 Å². The summed E-state index contributed by atoms with van der Waals surface area (Å²) in [6.45, 7) is 1.71. The molecule has 1 aliphatic carbocycles. The minimum absolute atomic E-state index is 0.0401. The van der Waals surface area contributed by atoms with Gasteiger partial charge in [0.15, 0.2) is 0 Å². The van der Waals surface area contributed by atoms with Crippen LogP contribution < -0.4 is 11.1 Å². The monoisotopic (exact) mass is 536 g/mol. The molecule has 1 aliphatic rings. The first kappa shape index (κ1) is 25.7. The number of carboxylic acids is 1. The molecule has 6 rings (SSSR count). The lowest BCUT2D eigenvalue weighted by Crippen LogP contribution is -2.42. The van der Waals surface area contributed by atoms with Gasteiger partial charge < -0.3 is 29.8 Å². The summed E-state index contributed by atoms with van der Waals surface area (Å²) in [4.78, 5) is 26.2. The highest BCUT2D eigenvalue weighted by molar-refractivity contribution is 5.89. The summed E-state index contributed by atoms with van der Waals surface area (Å²) in [5, 5.41) is 18.6. The summed E-state index contributed by atoms with van der Waals surface area (Å²) in [7, 11) is 0. The quantitative estimate of drug-likeness (QED) is 0.293. The summed E-state index contributed by atoms with van der Waals surface area (Å²) in [6, 6.07) is 12.0. The molecule has 13 heteroatoms. The van der Waals surface area contributed by atoms with Gasteiger partial charge in [-0.2, -0.15) is 4.98 Å². The largest absolute Gasteiger partial charge is 0.475 e. The number of hydrogen-bond acceptors (Lipinski definition) is 8. The molecular formula is C26H22F2N6O5. The van der Waals surface area contributed by atoms with Gasteiger partial charge in [0.1, 0.15) is 11.6 Å². The molecule has 1 amide bonds. The molecule has 0 aliphatic heterocycles. The average Bonchev–Trinajstić information content (AvgIpc) is 3.30. The van der Waals surface area contributed by atoms with Gasteiger partial charge in [-0.15, -0.1) is 0 Å². The van der Waals surface area contributed by atoms with Crippen molar-refractivity contribution in [2.45, 2.75) is 31.8 Å². The molecule has 0 atom stereocenters. The van der Waals surface area contributed by atoms with E-state index in [1.54, 1.807) is 35.8 Å². The van der Waals surface area contributed by atoms with E-state index in [4.69, 9.17) is 15.4 Å². The maximum atomic E-state index is 14.9. The maximum Gasteiger partial charge on any atom is 0.374 e. The minimum Gasteiger partial charge on any atom is -0.475 e. The lowest BCUT2D eigenvalue weighted by atomic mass is 10.1. The van der Waals surface area contributed by atoms with E-state index in [2.05, 4.69) is 25.1 Å². The van der Waals surface area contributed by atoms with Gasteiger partial charge in [0.2, 0.25) is 23.4 Å². The number of nitrogens with zero attached hydrogens (tertiary/aromatic N) is 4. The van der Waals surface area contributed by atoms with Gasteiger partial charge in [-0.25, -0.2) is 13.6 Å². The number of carbonyl (C=O) groups is 2. The van der Waals surface area contributed by atoms with Crippen LogP contribution in [0.4, 0.5) is 8.78 Å². The van der Waals surface area contributed by atoms with Crippen molar-refractivity contribution in [2.75, 3.05) is 0 Å². The van der Waals surface area contributed by atoms with Gasteiger partial charge in [0.25, 0.3) is 0 Å². The Labute approximate surface area is 219 Å². The van der Waals surface area contributed by atoms with Crippen LogP contribution in [0.5, 0.6) is 0 Å². The zero-order chi connectivity index (χ0) is 27.7. The number of carbonyl (C=O) groups excluding carboxylic acids is 1.